The van der Waals surface area contributed by atoms with Crippen LogP contribution in [0.3, 0.4) is 0 Å². The molecule has 9 heteroatoms. The number of hydrogen-bond donors (Lipinski definition) is 1. The molecule has 0 saturated carbocycles. The molecule has 0 spiro atoms. The second-order valence-corrected chi connectivity index (χ2v) is 7.57. The summed E-state index contributed by atoms with van der Waals surface area (Å²) < 4.78 is 38.0. The fraction of sp³-hybridized carbons (Fsp3) is 0.235. The van der Waals surface area contributed by atoms with Crippen molar-refractivity contribution < 1.29 is 27.8 Å². The number of aromatic carboxylic acids is 1. The van der Waals surface area contributed by atoms with E-state index in [1.807, 2.05) is 0 Å². The van der Waals surface area contributed by atoms with Crippen LogP contribution in [-0.2, 0) is 10.0 Å². The summed E-state index contributed by atoms with van der Waals surface area (Å²) in [4.78, 5) is 11.4. The van der Waals surface area contributed by atoms with Gasteiger partial charge in [0.1, 0.15) is 0 Å². The first-order valence-electron chi connectivity index (χ1n) is 7.37. The molecular weight excluding hydrogens is 382 g/mol. The highest BCUT2D eigenvalue weighted by atomic mass is 35.5. The lowest BCUT2D eigenvalue weighted by atomic mass is 10.1. The summed E-state index contributed by atoms with van der Waals surface area (Å²) in [6.45, 7) is 3.26. The Morgan fingerprint density at radius 1 is 1.04 bits per heavy atom. The Morgan fingerprint density at radius 3 is 2.15 bits per heavy atom. The first-order valence-corrected chi connectivity index (χ1v) is 9.23. The fourth-order valence-electron chi connectivity index (χ4n) is 2.38. The summed E-state index contributed by atoms with van der Waals surface area (Å²) in [6.07, 6.45) is 0. The molecule has 2 rings (SSSR count). The molecule has 7 nitrogen and oxygen atoms in total. The summed E-state index contributed by atoms with van der Waals surface area (Å²) >= 11 is 6.00. The molecule has 140 valence electrons. The molecule has 0 aromatic heterocycles. The third-order valence-corrected chi connectivity index (χ3v) is 5.65. The van der Waals surface area contributed by atoms with E-state index in [0.717, 1.165) is 6.07 Å². The Labute approximate surface area is 156 Å². The number of carbonyl (C=O) groups is 1. The van der Waals surface area contributed by atoms with Crippen molar-refractivity contribution in [1.82, 2.24) is 0 Å². The SMILES string of the molecule is COc1cc(NS(=O)(=O)c2cc(C)c(Cl)cc2C)c(C(=O)[O-])cc1OC. The number of methoxy groups -OCH3 is 2. The van der Waals surface area contributed by atoms with E-state index in [0.29, 0.717) is 16.1 Å². The van der Waals surface area contributed by atoms with E-state index >= 15 is 0 Å². The van der Waals surface area contributed by atoms with Crippen molar-refractivity contribution in [1.29, 1.82) is 0 Å². The molecule has 0 bridgehead atoms. The molecule has 0 aliphatic rings. The topological polar surface area (TPSA) is 105 Å². The van der Waals surface area contributed by atoms with Crippen LogP contribution in [0, 0.1) is 13.8 Å². The van der Waals surface area contributed by atoms with Crippen LogP contribution in [0.4, 0.5) is 5.69 Å². The number of aryl methyl sites for hydroxylation is 2. The van der Waals surface area contributed by atoms with Crippen molar-refractivity contribution in [3.05, 3.63) is 46.0 Å². The van der Waals surface area contributed by atoms with E-state index in [4.69, 9.17) is 21.1 Å². The summed E-state index contributed by atoms with van der Waals surface area (Å²) in [5, 5.41) is 11.9. The van der Waals surface area contributed by atoms with Crippen molar-refractivity contribution in [2.75, 3.05) is 18.9 Å². The van der Waals surface area contributed by atoms with Crippen LogP contribution in [0.25, 0.3) is 0 Å². The number of benzene rings is 2. The van der Waals surface area contributed by atoms with E-state index in [-0.39, 0.29) is 27.6 Å². The van der Waals surface area contributed by atoms with Crippen molar-refractivity contribution in [3.8, 4) is 11.5 Å². The first-order chi connectivity index (χ1) is 12.1. The Balaban J connectivity index is 2.59. The van der Waals surface area contributed by atoms with Gasteiger partial charge in [-0.15, -0.1) is 0 Å². The van der Waals surface area contributed by atoms with Gasteiger partial charge >= 0.3 is 0 Å². The average Bonchev–Trinajstić information content (AvgIpc) is 2.56. The molecule has 0 atom stereocenters. The quantitative estimate of drug-likeness (QED) is 0.799. The highest BCUT2D eigenvalue weighted by molar-refractivity contribution is 7.92. The number of rotatable bonds is 6. The normalized spacial score (nSPS) is 11.1. The Kier molecular flexibility index (Phi) is 5.68. The van der Waals surface area contributed by atoms with Gasteiger partial charge in [-0.05, 0) is 43.2 Å². The molecule has 0 radical (unpaired) electrons. The van der Waals surface area contributed by atoms with Crippen LogP contribution in [0.5, 0.6) is 11.5 Å². The molecule has 2 aromatic carbocycles. The first kappa shape index (κ1) is 19.9. The third kappa shape index (κ3) is 3.86. The zero-order valence-corrected chi connectivity index (χ0v) is 16.1. The number of anilines is 1. The number of carboxylic acid groups (broad SMARTS) is 1. The van der Waals surface area contributed by atoms with Crippen LogP contribution >= 0.6 is 11.6 Å². The van der Waals surface area contributed by atoms with Gasteiger partial charge in [0.15, 0.2) is 11.5 Å². The van der Waals surface area contributed by atoms with Crippen molar-refractivity contribution in [2.24, 2.45) is 0 Å². The zero-order chi connectivity index (χ0) is 19.6. The Morgan fingerprint density at radius 2 is 1.62 bits per heavy atom. The Bertz CT molecular complexity index is 972. The zero-order valence-electron chi connectivity index (χ0n) is 14.5. The van der Waals surface area contributed by atoms with Gasteiger partial charge in [-0.25, -0.2) is 8.42 Å². The molecule has 0 heterocycles. The van der Waals surface area contributed by atoms with E-state index in [1.54, 1.807) is 13.8 Å². The molecule has 26 heavy (non-hydrogen) atoms. The minimum absolute atomic E-state index is 0.0153. The molecule has 0 amide bonds. The minimum Gasteiger partial charge on any atom is -0.545 e. The van der Waals surface area contributed by atoms with Gasteiger partial charge < -0.3 is 19.4 Å². The number of carboxylic acids is 1. The van der Waals surface area contributed by atoms with E-state index in [1.165, 1.54) is 32.4 Å². The van der Waals surface area contributed by atoms with Crippen molar-refractivity contribution in [3.63, 3.8) is 0 Å². The van der Waals surface area contributed by atoms with E-state index in [2.05, 4.69) is 4.72 Å². The van der Waals surface area contributed by atoms with Crippen LogP contribution in [0.1, 0.15) is 21.5 Å². The lowest BCUT2D eigenvalue weighted by Crippen LogP contribution is -2.25. The summed E-state index contributed by atoms with van der Waals surface area (Å²) in [7, 11) is -1.40. The largest absolute Gasteiger partial charge is 0.545 e. The smallest absolute Gasteiger partial charge is 0.262 e. The summed E-state index contributed by atoms with van der Waals surface area (Å²) in [5.74, 6) is -1.26. The van der Waals surface area contributed by atoms with Crippen LogP contribution < -0.4 is 19.3 Å². The van der Waals surface area contributed by atoms with Crippen LogP contribution in [0.15, 0.2) is 29.2 Å². The van der Waals surface area contributed by atoms with Gasteiger partial charge in [0, 0.05) is 16.7 Å². The molecular formula is C17H17ClNO6S-. The van der Waals surface area contributed by atoms with Crippen LogP contribution in [0.2, 0.25) is 5.02 Å². The highest BCUT2D eigenvalue weighted by Crippen LogP contribution is 2.34. The Hall–Kier alpha value is -2.45. The monoisotopic (exact) mass is 398 g/mol. The molecule has 0 fully saturated rings. The van der Waals surface area contributed by atoms with Crippen LogP contribution in [-0.4, -0.2) is 28.6 Å². The minimum atomic E-state index is -4.08. The fourth-order valence-corrected chi connectivity index (χ4v) is 3.98. The van der Waals surface area contributed by atoms with Gasteiger partial charge in [0.05, 0.1) is 30.8 Å². The number of nitrogens with one attached hydrogen (secondary N) is 1. The maximum atomic E-state index is 12.8. The highest BCUT2D eigenvalue weighted by Gasteiger charge is 2.21. The van der Waals surface area contributed by atoms with Crippen molar-refractivity contribution >= 4 is 33.3 Å². The maximum Gasteiger partial charge on any atom is 0.262 e. The van der Waals surface area contributed by atoms with Gasteiger partial charge in [-0.1, -0.05) is 11.6 Å². The third-order valence-electron chi connectivity index (χ3n) is 3.73. The molecule has 1 N–H and O–H groups in total. The van der Waals surface area contributed by atoms with E-state index in [9.17, 15) is 18.3 Å². The van der Waals surface area contributed by atoms with Gasteiger partial charge in [0.25, 0.3) is 10.0 Å². The second-order valence-electron chi connectivity index (χ2n) is 5.51. The molecule has 2 aromatic rings. The summed E-state index contributed by atoms with van der Waals surface area (Å²) in [5.41, 5.74) is 0.415. The number of hydrogen-bond acceptors (Lipinski definition) is 6. The van der Waals surface area contributed by atoms with Gasteiger partial charge in [0.2, 0.25) is 0 Å². The molecule has 0 aliphatic carbocycles. The maximum absolute atomic E-state index is 12.8. The standard InChI is InChI=1S/C17H18ClNO6S/c1-9-6-16(10(2)5-12(9)18)26(22,23)19-13-8-15(25-4)14(24-3)7-11(13)17(20)21/h5-8,19H,1-4H3,(H,20,21)/p-1. The van der Waals surface area contributed by atoms with E-state index < -0.39 is 16.0 Å². The lowest BCUT2D eigenvalue weighted by molar-refractivity contribution is -0.254. The molecule has 0 aliphatic heterocycles. The number of ether oxygens (including phenoxy) is 2. The lowest BCUT2D eigenvalue weighted by Gasteiger charge is -2.18. The summed E-state index contributed by atoms with van der Waals surface area (Å²) in [6, 6.07) is 5.30. The van der Waals surface area contributed by atoms with Crippen molar-refractivity contribution in [2.45, 2.75) is 18.7 Å². The number of sulfonamides is 1. The average molecular weight is 399 g/mol. The molecule has 0 unspecified atom stereocenters. The van der Waals surface area contributed by atoms with Gasteiger partial charge in [-0.2, -0.15) is 0 Å². The molecule has 0 saturated heterocycles. The predicted molar refractivity (Wildman–Crippen MR) is 95.6 cm³/mol. The second kappa shape index (κ2) is 7.43. The number of carbonyl (C=O) groups excluding carboxylic acids is 1. The van der Waals surface area contributed by atoms with Gasteiger partial charge in [-0.3, -0.25) is 4.72 Å². The number of halogens is 1. The predicted octanol–water partition coefficient (Wildman–Crippen LogP) is 2.14.